The van der Waals surface area contributed by atoms with Crippen molar-refractivity contribution in [1.82, 2.24) is 9.88 Å². The van der Waals surface area contributed by atoms with Gasteiger partial charge in [0.05, 0.1) is 0 Å². The number of hydrogen-bond acceptors (Lipinski definition) is 3. The molecule has 1 aromatic rings. The summed E-state index contributed by atoms with van der Waals surface area (Å²) in [5.74, 6) is 1.89. The van der Waals surface area contributed by atoms with Crippen LogP contribution in [0, 0.1) is 5.92 Å². The van der Waals surface area contributed by atoms with Crippen molar-refractivity contribution in [1.29, 1.82) is 0 Å². The van der Waals surface area contributed by atoms with Gasteiger partial charge in [0.1, 0.15) is 5.82 Å². The van der Waals surface area contributed by atoms with Crippen LogP contribution in [0.25, 0.3) is 0 Å². The van der Waals surface area contributed by atoms with Crippen LogP contribution in [0.15, 0.2) is 18.3 Å². The lowest BCUT2D eigenvalue weighted by atomic mass is 10.0. The van der Waals surface area contributed by atoms with Gasteiger partial charge in [0, 0.05) is 26.3 Å². The molecule has 2 heterocycles. The Morgan fingerprint density at radius 3 is 3.18 bits per heavy atom. The van der Waals surface area contributed by atoms with Crippen molar-refractivity contribution in [3.05, 3.63) is 23.9 Å². The maximum Gasteiger partial charge on any atom is 0.125 e. The molecule has 3 nitrogen and oxygen atoms in total. The quantitative estimate of drug-likeness (QED) is 0.847. The molecule has 1 atom stereocenters. The molecule has 0 radical (unpaired) electrons. The van der Waals surface area contributed by atoms with Crippen molar-refractivity contribution in [2.24, 2.45) is 5.92 Å². The summed E-state index contributed by atoms with van der Waals surface area (Å²) in [5.41, 5.74) is 1.36. The second kappa shape index (κ2) is 6.01. The van der Waals surface area contributed by atoms with Gasteiger partial charge >= 0.3 is 0 Å². The Morgan fingerprint density at radius 1 is 1.53 bits per heavy atom. The molecule has 1 aliphatic heterocycles. The van der Waals surface area contributed by atoms with Crippen LogP contribution in [-0.4, -0.2) is 30.0 Å². The third kappa shape index (κ3) is 3.43. The summed E-state index contributed by atoms with van der Waals surface area (Å²) in [6, 6.07) is 4.27. The van der Waals surface area contributed by atoms with Gasteiger partial charge in [-0.05, 0) is 43.0 Å². The van der Waals surface area contributed by atoms with Crippen molar-refractivity contribution >= 4 is 5.82 Å². The monoisotopic (exact) mass is 233 g/mol. The summed E-state index contributed by atoms with van der Waals surface area (Å²) in [7, 11) is 1.92. The van der Waals surface area contributed by atoms with E-state index in [0.29, 0.717) is 0 Å². The standard InChI is InChI=1S/C14H23N3/c1-3-4-12-6-8-17(10-12)11-13-5-7-16-14(9-13)15-2/h5,7,9,12H,3-4,6,8,10-11H2,1-2H3,(H,15,16). The molecule has 17 heavy (non-hydrogen) atoms. The van der Waals surface area contributed by atoms with Crippen LogP contribution in [-0.2, 0) is 6.54 Å². The molecule has 1 saturated heterocycles. The normalized spacial score (nSPS) is 20.7. The van der Waals surface area contributed by atoms with Gasteiger partial charge in [-0.1, -0.05) is 13.3 Å². The van der Waals surface area contributed by atoms with E-state index in [9.17, 15) is 0 Å². The van der Waals surface area contributed by atoms with E-state index >= 15 is 0 Å². The molecule has 1 N–H and O–H groups in total. The van der Waals surface area contributed by atoms with E-state index < -0.39 is 0 Å². The second-order valence-corrected chi connectivity index (χ2v) is 4.98. The minimum Gasteiger partial charge on any atom is -0.373 e. The zero-order valence-electron chi connectivity index (χ0n) is 10.9. The van der Waals surface area contributed by atoms with E-state index in [1.807, 2.05) is 13.2 Å². The first-order valence-corrected chi connectivity index (χ1v) is 6.67. The van der Waals surface area contributed by atoms with Gasteiger partial charge in [0.2, 0.25) is 0 Å². The molecule has 1 unspecified atom stereocenters. The van der Waals surface area contributed by atoms with E-state index in [0.717, 1.165) is 18.3 Å². The lowest BCUT2D eigenvalue weighted by Gasteiger charge is -2.16. The Hall–Kier alpha value is -1.09. The van der Waals surface area contributed by atoms with Gasteiger partial charge < -0.3 is 5.32 Å². The molecule has 3 heteroatoms. The maximum absolute atomic E-state index is 4.25. The molecule has 0 aliphatic carbocycles. The highest BCUT2D eigenvalue weighted by Crippen LogP contribution is 2.22. The molecule has 0 saturated carbocycles. The first-order valence-electron chi connectivity index (χ1n) is 6.67. The smallest absolute Gasteiger partial charge is 0.125 e. The first-order chi connectivity index (χ1) is 8.31. The van der Waals surface area contributed by atoms with Gasteiger partial charge in [0.25, 0.3) is 0 Å². The van der Waals surface area contributed by atoms with Crippen LogP contribution in [0.1, 0.15) is 31.7 Å². The van der Waals surface area contributed by atoms with Gasteiger partial charge in [-0.3, -0.25) is 4.90 Å². The summed E-state index contributed by atoms with van der Waals surface area (Å²) < 4.78 is 0. The summed E-state index contributed by atoms with van der Waals surface area (Å²) in [4.78, 5) is 6.81. The van der Waals surface area contributed by atoms with E-state index in [2.05, 4.69) is 34.3 Å². The average molecular weight is 233 g/mol. The van der Waals surface area contributed by atoms with Crippen LogP contribution in [0.2, 0.25) is 0 Å². The Morgan fingerprint density at radius 2 is 2.41 bits per heavy atom. The van der Waals surface area contributed by atoms with Crippen LogP contribution >= 0.6 is 0 Å². The molecule has 0 spiro atoms. The number of anilines is 1. The number of aromatic nitrogens is 1. The lowest BCUT2D eigenvalue weighted by molar-refractivity contribution is 0.313. The predicted octanol–water partition coefficient (Wildman–Crippen LogP) is 2.75. The Labute approximate surface area is 104 Å². The number of hydrogen-bond donors (Lipinski definition) is 1. The number of nitrogens with one attached hydrogen (secondary N) is 1. The third-order valence-corrected chi connectivity index (χ3v) is 3.55. The van der Waals surface area contributed by atoms with E-state index in [4.69, 9.17) is 0 Å². The van der Waals surface area contributed by atoms with Crippen molar-refractivity contribution in [3.63, 3.8) is 0 Å². The van der Waals surface area contributed by atoms with Crippen LogP contribution < -0.4 is 5.32 Å². The fourth-order valence-electron chi connectivity index (χ4n) is 2.67. The fourth-order valence-corrected chi connectivity index (χ4v) is 2.67. The van der Waals surface area contributed by atoms with Crippen molar-refractivity contribution in [3.8, 4) is 0 Å². The molecule has 1 aromatic heterocycles. The number of likely N-dealkylation sites (tertiary alicyclic amines) is 1. The lowest BCUT2D eigenvalue weighted by Crippen LogP contribution is -2.20. The maximum atomic E-state index is 4.25. The number of nitrogens with zero attached hydrogens (tertiary/aromatic N) is 2. The van der Waals surface area contributed by atoms with Crippen LogP contribution in [0.4, 0.5) is 5.82 Å². The molecular weight excluding hydrogens is 210 g/mol. The molecule has 1 fully saturated rings. The number of pyridine rings is 1. The van der Waals surface area contributed by atoms with Crippen LogP contribution in [0.5, 0.6) is 0 Å². The summed E-state index contributed by atoms with van der Waals surface area (Å²) >= 11 is 0. The molecule has 0 aromatic carbocycles. The Balaban J connectivity index is 1.88. The topological polar surface area (TPSA) is 28.2 Å². The minimum absolute atomic E-state index is 0.922. The largest absolute Gasteiger partial charge is 0.373 e. The third-order valence-electron chi connectivity index (χ3n) is 3.55. The Kier molecular flexibility index (Phi) is 4.37. The molecular formula is C14H23N3. The van der Waals surface area contributed by atoms with Gasteiger partial charge in [-0.25, -0.2) is 4.98 Å². The highest BCUT2D eigenvalue weighted by molar-refractivity contribution is 5.36. The molecule has 2 rings (SSSR count). The van der Waals surface area contributed by atoms with Crippen LogP contribution in [0.3, 0.4) is 0 Å². The first kappa shape index (κ1) is 12.4. The number of rotatable bonds is 5. The van der Waals surface area contributed by atoms with E-state index in [1.54, 1.807) is 0 Å². The minimum atomic E-state index is 0.922. The molecule has 0 bridgehead atoms. The van der Waals surface area contributed by atoms with E-state index in [-0.39, 0.29) is 0 Å². The SMILES string of the molecule is CCCC1CCN(Cc2ccnc(NC)c2)C1. The molecule has 94 valence electrons. The summed E-state index contributed by atoms with van der Waals surface area (Å²) in [6.07, 6.45) is 5.96. The second-order valence-electron chi connectivity index (χ2n) is 4.98. The van der Waals surface area contributed by atoms with Crippen molar-refractivity contribution < 1.29 is 0 Å². The zero-order chi connectivity index (χ0) is 12.1. The molecule has 1 aliphatic rings. The Bertz CT molecular complexity index is 351. The van der Waals surface area contributed by atoms with Crippen molar-refractivity contribution in [2.45, 2.75) is 32.7 Å². The summed E-state index contributed by atoms with van der Waals surface area (Å²) in [5, 5.41) is 3.09. The van der Waals surface area contributed by atoms with Gasteiger partial charge in [0.15, 0.2) is 0 Å². The van der Waals surface area contributed by atoms with Gasteiger partial charge in [-0.2, -0.15) is 0 Å². The predicted molar refractivity (Wildman–Crippen MR) is 72.1 cm³/mol. The molecule has 0 amide bonds. The van der Waals surface area contributed by atoms with Crippen molar-refractivity contribution in [2.75, 3.05) is 25.5 Å². The summed E-state index contributed by atoms with van der Waals surface area (Å²) in [6.45, 7) is 5.87. The van der Waals surface area contributed by atoms with Gasteiger partial charge in [-0.15, -0.1) is 0 Å². The zero-order valence-corrected chi connectivity index (χ0v) is 10.9. The van der Waals surface area contributed by atoms with E-state index in [1.165, 1.54) is 37.9 Å². The highest BCUT2D eigenvalue weighted by Gasteiger charge is 2.21. The average Bonchev–Trinajstić information content (AvgIpc) is 2.77. The fraction of sp³-hybridized carbons (Fsp3) is 0.643. The highest BCUT2D eigenvalue weighted by atomic mass is 15.1.